The Bertz CT molecular complexity index is 1180. The average Bonchev–Trinajstić information content (AvgIpc) is 3.56. The first-order valence-electron chi connectivity index (χ1n) is 15.9. The van der Waals surface area contributed by atoms with Crippen molar-refractivity contribution in [3.05, 3.63) is 0 Å². The lowest BCUT2D eigenvalue weighted by molar-refractivity contribution is -0.149. The minimum atomic E-state index is -1.54. The summed E-state index contributed by atoms with van der Waals surface area (Å²) in [5.41, 5.74) is 21.6. The van der Waals surface area contributed by atoms with Crippen LogP contribution >= 0.6 is 0 Å². The van der Waals surface area contributed by atoms with E-state index in [2.05, 4.69) is 31.6 Å². The standard InChI is InChI=1S/C28H51N11O10/c1-15(35-25(46)17(7-4-10-33-28(31)32)37-23(44)16(30)13-40)22(43)38-19(14-41)24(45)34-12-21(42)36-18(6-2-3-9-29)26(47)39-11-5-8-20(39)27(48)49/h15-20,40-41H,2-14,29-30H2,1H3,(H,34,45)(H,35,46)(H,36,42)(H,37,44)(H,38,43)(H,48,49)(H4,31,32,33). The second-order valence-electron chi connectivity index (χ2n) is 11.4. The molecule has 0 aromatic heterocycles. The monoisotopic (exact) mass is 701 g/mol. The number of unbranched alkanes of at least 4 members (excludes halogenated alkanes) is 1. The van der Waals surface area contributed by atoms with Crippen molar-refractivity contribution in [1.82, 2.24) is 31.5 Å². The van der Waals surface area contributed by atoms with Gasteiger partial charge in [-0.15, -0.1) is 0 Å². The summed E-state index contributed by atoms with van der Waals surface area (Å²) in [5.74, 6) is -6.14. The third-order valence-electron chi connectivity index (χ3n) is 7.50. The zero-order valence-electron chi connectivity index (χ0n) is 27.6. The van der Waals surface area contributed by atoms with Gasteiger partial charge < -0.3 is 69.7 Å². The highest BCUT2D eigenvalue weighted by molar-refractivity contribution is 5.96. The lowest BCUT2D eigenvalue weighted by atomic mass is 10.1. The van der Waals surface area contributed by atoms with Crippen LogP contribution in [-0.4, -0.2) is 143 Å². The third-order valence-corrected chi connectivity index (χ3v) is 7.50. The van der Waals surface area contributed by atoms with Gasteiger partial charge in [0.25, 0.3) is 0 Å². The van der Waals surface area contributed by atoms with E-state index < -0.39 is 97.4 Å². The van der Waals surface area contributed by atoms with E-state index in [0.29, 0.717) is 25.8 Å². The summed E-state index contributed by atoms with van der Waals surface area (Å²) in [5, 5.41) is 40.1. The second kappa shape index (κ2) is 22.1. The van der Waals surface area contributed by atoms with E-state index >= 15 is 0 Å². The number of amides is 6. The quantitative estimate of drug-likeness (QED) is 0.0284. The van der Waals surface area contributed by atoms with Crippen molar-refractivity contribution in [2.45, 2.75) is 88.1 Å². The number of nitrogens with one attached hydrogen (secondary N) is 5. The average molecular weight is 702 g/mol. The van der Waals surface area contributed by atoms with Crippen molar-refractivity contribution in [3.8, 4) is 0 Å². The number of carboxylic acid groups (broad SMARTS) is 1. The lowest BCUT2D eigenvalue weighted by Gasteiger charge is -2.27. The van der Waals surface area contributed by atoms with Crippen molar-refractivity contribution >= 4 is 47.4 Å². The van der Waals surface area contributed by atoms with E-state index in [1.165, 1.54) is 11.8 Å². The molecule has 6 amide bonds. The molecular formula is C28H51N11O10. The molecule has 0 bridgehead atoms. The number of aliphatic hydroxyl groups is 2. The zero-order valence-corrected chi connectivity index (χ0v) is 27.6. The fourth-order valence-corrected chi connectivity index (χ4v) is 4.78. The fourth-order valence-electron chi connectivity index (χ4n) is 4.78. The molecule has 0 saturated carbocycles. The predicted octanol–water partition coefficient (Wildman–Crippen LogP) is -6.37. The number of hydrogen-bond donors (Lipinski definition) is 12. The summed E-state index contributed by atoms with van der Waals surface area (Å²) in [4.78, 5) is 93.1. The highest BCUT2D eigenvalue weighted by Gasteiger charge is 2.37. The van der Waals surface area contributed by atoms with Gasteiger partial charge in [0, 0.05) is 13.1 Å². The van der Waals surface area contributed by atoms with Crippen LogP contribution < -0.4 is 49.5 Å². The van der Waals surface area contributed by atoms with E-state index in [9.17, 15) is 43.8 Å². The van der Waals surface area contributed by atoms with Gasteiger partial charge in [0.05, 0.1) is 19.8 Å². The Labute approximate surface area is 283 Å². The van der Waals surface area contributed by atoms with Crippen LogP contribution in [-0.2, 0) is 33.6 Å². The predicted molar refractivity (Wildman–Crippen MR) is 174 cm³/mol. The summed E-state index contributed by atoms with van der Waals surface area (Å²) >= 11 is 0. The van der Waals surface area contributed by atoms with E-state index in [0.717, 1.165) is 0 Å². The number of carbonyl (C=O) groups excluding carboxylic acids is 6. The number of nitrogens with two attached hydrogens (primary N) is 4. The summed E-state index contributed by atoms with van der Waals surface area (Å²) in [6.07, 6.45) is 2.27. The molecule has 6 unspecified atom stereocenters. The molecule has 21 nitrogen and oxygen atoms in total. The molecule has 0 radical (unpaired) electrons. The molecule has 1 saturated heterocycles. The molecule has 1 rings (SSSR count). The lowest BCUT2D eigenvalue weighted by Crippen LogP contribution is -2.58. The van der Waals surface area contributed by atoms with Crippen molar-refractivity contribution in [2.24, 2.45) is 27.9 Å². The van der Waals surface area contributed by atoms with Gasteiger partial charge in [-0.05, 0) is 58.4 Å². The topological polar surface area (TPSA) is 360 Å². The number of carbonyl (C=O) groups is 7. The summed E-state index contributed by atoms with van der Waals surface area (Å²) in [7, 11) is 0. The van der Waals surface area contributed by atoms with Gasteiger partial charge in [0.2, 0.25) is 35.4 Å². The molecule has 0 aromatic carbocycles. The number of hydrogen-bond acceptors (Lipinski definition) is 12. The largest absolute Gasteiger partial charge is 0.480 e. The Morgan fingerprint density at radius 2 is 1.49 bits per heavy atom. The van der Waals surface area contributed by atoms with E-state index in [-0.39, 0.29) is 44.7 Å². The number of aliphatic carboxylic acids is 1. The Morgan fingerprint density at radius 1 is 0.837 bits per heavy atom. The van der Waals surface area contributed by atoms with E-state index in [4.69, 9.17) is 28.0 Å². The molecule has 49 heavy (non-hydrogen) atoms. The van der Waals surface area contributed by atoms with Gasteiger partial charge >= 0.3 is 5.97 Å². The first-order valence-corrected chi connectivity index (χ1v) is 15.9. The van der Waals surface area contributed by atoms with Crippen LogP contribution in [0.15, 0.2) is 4.99 Å². The zero-order chi connectivity index (χ0) is 37.1. The number of carboxylic acids is 1. The maximum Gasteiger partial charge on any atom is 0.326 e. The van der Waals surface area contributed by atoms with Crippen LogP contribution in [0.25, 0.3) is 0 Å². The first-order chi connectivity index (χ1) is 23.2. The van der Waals surface area contributed by atoms with Crippen molar-refractivity contribution in [1.29, 1.82) is 0 Å². The van der Waals surface area contributed by atoms with E-state index in [1.807, 2.05) is 0 Å². The van der Waals surface area contributed by atoms with Gasteiger partial charge in [-0.1, -0.05) is 0 Å². The molecule has 0 aliphatic carbocycles. The molecule has 1 aliphatic rings. The van der Waals surface area contributed by atoms with Gasteiger partial charge in [-0.25, -0.2) is 4.79 Å². The summed E-state index contributed by atoms with van der Waals surface area (Å²) < 4.78 is 0. The van der Waals surface area contributed by atoms with Gasteiger partial charge in [0.15, 0.2) is 5.96 Å². The van der Waals surface area contributed by atoms with Gasteiger partial charge in [-0.2, -0.15) is 0 Å². The minimum absolute atomic E-state index is 0.0300. The van der Waals surface area contributed by atoms with Crippen LogP contribution in [0.1, 0.15) is 51.9 Å². The molecule has 1 heterocycles. The molecule has 1 fully saturated rings. The summed E-state index contributed by atoms with van der Waals surface area (Å²) in [6, 6.07) is -7.39. The smallest absolute Gasteiger partial charge is 0.326 e. The van der Waals surface area contributed by atoms with Crippen molar-refractivity contribution < 1.29 is 48.9 Å². The highest BCUT2D eigenvalue weighted by atomic mass is 16.4. The summed E-state index contributed by atoms with van der Waals surface area (Å²) in [6.45, 7) is -0.226. The highest BCUT2D eigenvalue weighted by Crippen LogP contribution is 2.19. The van der Waals surface area contributed by atoms with Crippen LogP contribution in [0.4, 0.5) is 0 Å². The number of aliphatic imine (C=N–C) groups is 1. The van der Waals surface area contributed by atoms with Gasteiger partial charge in [0.1, 0.15) is 36.3 Å². The Hall–Kier alpha value is -4.60. The molecule has 6 atom stereocenters. The SMILES string of the molecule is CC(NC(=O)C(CCCN=C(N)N)NC(=O)C(N)CO)C(=O)NC(CO)C(=O)NCC(=O)NC(CCCCN)C(=O)N1CCCC1C(=O)O. The Kier molecular flexibility index (Phi) is 19.1. The number of aliphatic hydroxyl groups excluding tert-OH is 2. The van der Waals surface area contributed by atoms with Crippen molar-refractivity contribution in [2.75, 3.05) is 39.4 Å². The van der Waals surface area contributed by atoms with Crippen LogP contribution in [0.5, 0.6) is 0 Å². The van der Waals surface area contributed by atoms with E-state index in [1.54, 1.807) is 0 Å². The number of likely N-dealkylation sites (tertiary alicyclic amines) is 1. The number of rotatable bonds is 22. The Morgan fingerprint density at radius 3 is 2.08 bits per heavy atom. The molecule has 21 heteroatoms. The van der Waals surface area contributed by atoms with Crippen LogP contribution in [0.2, 0.25) is 0 Å². The molecule has 278 valence electrons. The third kappa shape index (κ3) is 15.0. The number of nitrogens with zero attached hydrogens (tertiary/aromatic N) is 2. The van der Waals surface area contributed by atoms with Crippen molar-refractivity contribution in [3.63, 3.8) is 0 Å². The fraction of sp³-hybridized carbons (Fsp3) is 0.714. The molecule has 16 N–H and O–H groups in total. The molecular weight excluding hydrogens is 650 g/mol. The first kappa shape index (κ1) is 42.4. The second-order valence-corrected chi connectivity index (χ2v) is 11.4. The van der Waals surface area contributed by atoms with Crippen LogP contribution in [0, 0.1) is 0 Å². The normalized spacial score (nSPS) is 17.0. The minimum Gasteiger partial charge on any atom is -0.480 e. The molecule has 0 aromatic rings. The Balaban J connectivity index is 2.79. The maximum absolute atomic E-state index is 13.1. The maximum atomic E-state index is 13.1. The van der Waals surface area contributed by atoms with Gasteiger partial charge in [-0.3, -0.25) is 33.8 Å². The van der Waals surface area contributed by atoms with Crippen LogP contribution in [0.3, 0.4) is 0 Å². The molecule has 1 aliphatic heterocycles. The number of guanidine groups is 1. The molecule has 0 spiro atoms.